The van der Waals surface area contributed by atoms with Gasteiger partial charge in [-0.3, -0.25) is 0 Å². The van der Waals surface area contributed by atoms with Gasteiger partial charge in [0.1, 0.15) is 28.7 Å². The predicted molar refractivity (Wildman–Crippen MR) is 314 cm³/mol. The summed E-state index contributed by atoms with van der Waals surface area (Å²) in [6.45, 7) is 6.50. The largest absolute Gasteiger partial charge is 0.506 e. The summed E-state index contributed by atoms with van der Waals surface area (Å²) < 4.78 is 8.22. The molecule has 0 aliphatic rings. The Labute approximate surface area is 456 Å². The maximum absolute atomic E-state index is 10.2. The average Bonchev–Trinajstić information content (AvgIpc) is 3.41. The van der Waals surface area contributed by atoms with E-state index in [0.717, 1.165) is 73.4 Å². The Bertz CT molecular complexity index is 3200. The highest BCUT2D eigenvalue weighted by atomic mass is 79.9. The maximum atomic E-state index is 10.2. The minimum Gasteiger partial charge on any atom is -0.506 e. The zero-order chi connectivity index (χ0) is 51.6. The summed E-state index contributed by atoms with van der Waals surface area (Å²) in [7, 11) is 1.70. The van der Waals surface area contributed by atoms with E-state index in [-0.39, 0.29) is 5.41 Å². The summed E-state index contributed by atoms with van der Waals surface area (Å²) in [5.41, 5.74) is 9.21. The van der Waals surface area contributed by atoms with Crippen LogP contribution in [0.5, 0.6) is 28.7 Å². The number of hydrogen-bond donors (Lipinski definition) is 4. The van der Waals surface area contributed by atoms with E-state index in [0.29, 0.717) is 23.0 Å². The topological polar surface area (TPSA) is 90.2 Å². The number of rotatable bonds is 5. The van der Waals surface area contributed by atoms with E-state index in [9.17, 15) is 20.4 Å². The molecule has 0 aromatic heterocycles. The zero-order valence-corrected chi connectivity index (χ0v) is 46.5. The van der Waals surface area contributed by atoms with Gasteiger partial charge in [-0.1, -0.05) is 215 Å². The van der Waals surface area contributed by atoms with Crippen molar-refractivity contribution >= 4 is 74.5 Å². The monoisotopic (exact) mass is 1210 g/mol. The molecule has 0 aliphatic carbocycles. The zero-order valence-electron chi connectivity index (χ0n) is 40.1. The van der Waals surface area contributed by atoms with E-state index in [1.807, 2.05) is 206 Å². The number of aromatic hydroxyl groups is 4. The van der Waals surface area contributed by atoms with Gasteiger partial charge in [0.25, 0.3) is 0 Å². The van der Waals surface area contributed by atoms with E-state index < -0.39 is 0 Å². The van der Waals surface area contributed by atoms with Gasteiger partial charge < -0.3 is 25.2 Å². The first-order valence-corrected chi connectivity index (χ1v) is 26.0. The number of hydrogen-bond acceptors (Lipinski definition) is 5. The van der Waals surface area contributed by atoms with Crippen LogP contribution in [-0.2, 0) is 5.41 Å². The first-order chi connectivity index (χ1) is 34.7. The Hall–Kier alpha value is -6.62. The summed E-state index contributed by atoms with van der Waals surface area (Å²) in [5.74, 6) is 2.11. The summed E-state index contributed by atoms with van der Waals surface area (Å²) in [6.07, 6.45) is 0. The number of ether oxygens (including phenoxy) is 1. The van der Waals surface area contributed by atoms with Crippen LogP contribution in [0.1, 0.15) is 26.3 Å². The fourth-order valence-electron chi connectivity index (χ4n) is 7.33. The van der Waals surface area contributed by atoms with Gasteiger partial charge in [0.2, 0.25) is 0 Å². The Morgan fingerprint density at radius 2 is 0.708 bits per heavy atom. The van der Waals surface area contributed by atoms with Crippen molar-refractivity contribution in [1.29, 1.82) is 0 Å². The standard InChI is InChI=1S/C16H17BrO.C13H12O.2C12H9BrO.C10H7BrO/c1-16(2,3)12-9-13(15(18)14(17)10-12)11-7-5-4-6-8-11;1-14-13-10-6-5-9-12(13)11-7-3-2-4-8-11;2*13-11-8-4-7-10(12(11)14)9-5-2-1-3-6-9;11-9-6-5-7-3-1-2-4-8(7)10(9)12/h4-10,18H,1-3H3;2-10H,1H3;2*1-8,14H;1-6,12H. The molecule has 0 aliphatic heterocycles. The van der Waals surface area contributed by atoms with Crippen LogP contribution in [0.25, 0.3) is 55.3 Å². The van der Waals surface area contributed by atoms with Gasteiger partial charge in [-0.25, -0.2) is 0 Å². The lowest BCUT2D eigenvalue weighted by Crippen LogP contribution is -2.11. The summed E-state index contributed by atoms with van der Waals surface area (Å²) in [5, 5.41) is 41.3. The second kappa shape index (κ2) is 26.7. The number of phenolic OH excluding ortho intramolecular Hbond substituents is 4. The summed E-state index contributed by atoms with van der Waals surface area (Å²) in [6, 6.07) is 74.7. The van der Waals surface area contributed by atoms with Crippen molar-refractivity contribution < 1.29 is 25.2 Å². The molecule has 9 heteroatoms. The van der Waals surface area contributed by atoms with Crippen molar-refractivity contribution in [3.8, 4) is 73.3 Å². The molecule has 0 radical (unpaired) electrons. The first-order valence-electron chi connectivity index (χ1n) is 22.9. The Morgan fingerprint density at radius 1 is 0.333 bits per heavy atom. The second-order valence-electron chi connectivity index (χ2n) is 17.2. The van der Waals surface area contributed by atoms with E-state index in [4.69, 9.17) is 4.74 Å². The van der Waals surface area contributed by atoms with Crippen LogP contribution in [0, 0.1) is 0 Å². The van der Waals surface area contributed by atoms with Crippen LogP contribution in [0.4, 0.5) is 0 Å². The molecule has 364 valence electrons. The number of methoxy groups -OCH3 is 1. The van der Waals surface area contributed by atoms with Crippen molar-refractivity contribution in [1.82, 2.24) is 0 Å². The van der Waals surface area contributed by atoms with E-state index in [2.05, 4.69) is 109 Å². The molecule has 10 aromatic rings. The van der Waals surface area contributed by atoms with Crippen LogP contribution in [-0.4, -0.2) is 27.5 Å². The molecule has 10 aromatic carbocycles. The van der Waals surface area contributed by atoms with Crippen LogP contribution in [0.2, 0.25) is 0 Å². The highest BCUT2D eigenvalue weighted by molar-refractivity contribution is 9.11. The van der Waals surface area contributed by atoms with Gasteiger partial charge in [0.05, 0.1) is 25.0 Å². The van der Waals surface area contributed by atoms with Crippen molar-refractivity contribution in [3.63, 3.8) is 0 Å². The van der Waals surface area contributed by atoms with Crippen LogP contribution < -0.4 is 4.74 Å². The molecule has 0 fully saturated rings. The highest BCUT2D eigenvalue weighted by Crippen LogP contribution is 2.40. The Morgan fingerprint density at radius 3 is 1.18 bits per heavy atom. The molecule has 4 N–H and O–H groups in total. The average molecular weight is 1210 g/mol. The van der Waals surface area contributed by atoms with Gasteiger partial charge in [-0.05, 0) is 139 Å². The maximum Gasteiger partial charge on any atom is 0.137 e. The SMILES string of the molecule is CC(C)(C)c1cc(Br)c(O)c(-c2ccccc2)c1.COc1ccccc1-c1ccccc1.Oc1c(Br)ccc2ccccc12.Oc1c(Br)cccc1-c1ccccc1.Oc1c(Br)cccc1-c1ccccc1. The lowest BCUT2D eigenvalue weighted by molar-refractivity contribution is 0.416. The predicted octanol–water partition coefficient (Wildman–Crippen LogP) is 19.4. The van der Waals surface area contributed by atoms with Crippen LogP contribution >= 0.6 is 63.7 Å². The number of phenols is 4. The molecule has 10 rings (SSSR count). The number of fused-ring (bicyclic) bond motifs is 1. The van der Waals surface area contributed by atoms with Crippen LogP contribution in [0.15, 0.2) is 248 Å². The quantitative estimate of drug-likeness (QED) is 0.138. The molecule has 72 heavy (non-hydrogen) atoms. The smallest absolute Gasteiger partial charge is 0.137 e. The third-order valence-corrected chi connectivity index (χ3v) is 13.7. The fourth-order valence-corrected chi connectivity index (χ4v) is 8.87. The van der Waals surface area contributed by atoms with Crippen LogP contribution in [0.3, 0.4) is 0 Å². The number of para-hydroxylation sites is 3. The lowest BCUT2D eigenvalue weighted by atomic mass is 9.85. The molecule has 0 saturated heterocycles. The number of benzene rings is 10. The third kappa shape index (κ3) is 15.0. The molecule has 0 bridgehead atoms. The normalized spacial score (nSPS) is 10.4. The fraction of sp³-hybridized carbons (Fsp3) is 0.0794. The number of halogens is 4. The first kappa shape index (κ1) is 54.7. The van der Waals surface area contributed by atoms with E-state index in [1.165, 1.54) is 11.1 Å². The lowest BCUT2D eigenvalue weighted by Gasteiger charge is -2.21. The minimum absolute atomic E-state index is 0.0553. The molecule has 5 nitrogen and oxygen atoms in total. The molecule has 0 heterocycles. The molecule has 0 atom stereocenters. The van der Waals surface area contributed by atoms with Gasteiger partial charge in [0, 0.05) is 27.6 Å². The molecule has 0 amide bonds. The second-order valence-corrected chi connectivity index (χ2v) is 20.6. The Kier molecular flexibility index (Phi) is 20.3. The van der Waals surface area contributed by atoms with Crippen molar-refractivity contribution in [2.24, 2.45) is 0 Å². The van der Waals surface area contributed by atoms with Gasteiger partial charge in [-0.2, -0.15) is 0 Å². The molecule has 0 unspecified atom stereocenters. The van der Waals surface area contributed by atoms with Crippen molar-refractivity contribution in [2.45, 2.75) is 26.2 Å². The summed E-state index contributed by atoms with van der Waals surface area (Å²) >= 11 is 13.3. The molecule has 0 saturated carbocycles. The Balaban J connectivity index is 0.000000148. The van der Waals surface area contributed by atoms with E-state index in [1.54, 1.807) is 7.11 Å². The minimum atomic E-state index is 0.0553. The van der Waals surface area contributed by atoms with E-state index >= 15 is 0 Å². The van der Waals surface area contributed by atoms with Gasteiger partial charge >= 0.3 is 0 Å². The summed E-state index contributed by atoms with van der Waals surface area (Å²) in [4.78, 5) is 0. The third-order valence-electron chi connectivity index (χ3n) is 11.2. The highest BCUT2D eigenvalue weighted by Gasteiger charge is 2.18. The van der Waals surface area contributed by atoms with Gasteiger partial charge in [0.15, 0.2) is 0 Å². The molecular formula is C63H54Br4O5. The van der Waals surface area contributed by atoms with Crippen molar-refractivity contribution in [2.75, 3.05) is 7.11 Å². The molecular weight excluding hydrogens is 1160 g/mol. The van der Waals surface area contributed by atoms with Gasteiger partial charge in [-0.15, -0.1) is 0 Å². The van der Waals surface area contributed by atoms with Crippen molar-refractivity contribution in [3.05, 3.63) is 254 Å². The molecule has 0 spiro atoms.